The van der Waals surface area contributed by atoms with Gasteiger partial charge in [0.15, 0.2) is 11.4 Å². The molecule has 0 radical (unpaired) electrons. The Bertz CT molecular complexity index is 1090. The van der Waals surface area contributed by atoms with Crippen LogP contribution in [0.3, 0.4) is 0 Å². The molecule has 1 aromatic heterocycles. The first kappa shape index (κ1) is 23.9. The molecular formula is C21H24Cl2N4O5. The summed E-state index contributed by atoms with van der Waals surface area (Å²) in [5.41, 5.74) is 4.50. The molecule has 0 saturated carbocycles. The van der Waals surface area contributed by atoms with Crippen LogP contribution < -0.4 is 16.0 Å². The van der Waals surface area contributed by atoms with E-state index in [1.165, 1.54) is 12.1 Å². The van der Waals surface area contributed by atoms with Gasteiger partial charge in [0.25, 0.3) is 11.5 Å². The first-order chi connectivity index (χ1) is 14.9. The monoisotopic (exact) mass is 482 g/mol. The SMILES string of the molecule is CC(C)(C)OC(=O)N1CCC(Oc2cc(=O)n(-c3ccc(Cl)c(Cl)c3)nc2C(N)=O)CC1. The van der Waals surface area contributed by atoms with E-state index in [1.807, 2.05) is 0 Å². The van der Waals surface area contributed by atoms with Crippen LogP contribution in [0.2, 0.25) is 10.0 Å². The lowest BCUT2D eigenvalue weighted by molar-refractivity contribution is 0.0125. The molecule has 2 heterocycles. The Morgan fingerprint density at radius 3 is 2.34 bits per heavy atom. The number of halogens is 2. The minimum absolute atomic E-state index is 0.00507. The van der Waals surface area contributed by atoms with Crippen LogP contribution in [0.15, 0.2) is 29.1 Å². The summed E-state index contributed by atoms with van der Waals surface area (Å²) in [5, 5.41) is 4.63. The zero-order chi connectivity index (χ0) is 23.6. The molecule has 2 N–H and O–H groups in total. The third-order valence-corrected chi connectivity index (χ3v) is 5.40. The second-order valence-electron chi connectivity index (χ2n) is 8.35. The van der Waals surface area contributed by atoms with Crippen molar-refractivity contribution >= 4 is 35.2 Å². The Kier molecular flexibility index (Phi) is 7.00. The van der Waals surface area contributed by atoms with E-state index in [0.29, 0.717) is 36.6 Å². The van der Waals surface area contributed by atoms with Gasteiger partial charge in [-0.05, 0) is 39.0 Å². The molecule has 0 unspecified atom stereocenters. The lowest BCUT2D eigenvalue weighted by Crippen LogP contribution is -2.44. The van der Waals surface area contributed by atoms with Gasteiger partial charge < -0.3 is 20.1 Å². The summed E-state index contributed by atoms with van der Waals surface area (Å²) in [5.74, 6) is -0.852. The second kappa shape index (κ2) is 9.38. The Hall–Kier alpha value is -2.78. The van der Waals surface area contributed by atoms with Crippen LogP contribution in [0, 0.1) is 0 Å². The van der Waals surface area contributed by atoms with Crippen molar-refractivity contribution in [3.8, 4) is 11.4 Å². The maximum Gasteiger partial charge on any atom is 0.410 e. The van der Waals surface area contributed by atoms with Crippen LogP contribution in [0.25, 0.3) is 5.69 Å². The third kappa shape index (κ3) is 5.72. The van der Waals surface area contributed by atoms with Gasteiger partial charge in [0, 0.05) is 25.9 Å². The summed E-state index contributed by atoms with van der Waals surface area (Å²) in [7, 11) is 0. The summed E-state index contributed by atoms with van der Waals surface area (Å²) in [6.45, 7) is 6.25. The normalized spacial score (nSPS) is 14.8. The molecule has 1 fully saturated rings. The topological polar surface area (TPSA) is 117 Å². The predicted octanol–water partition coefficient (Wildman–Crippen LogP) is 3.42. The number of nitrogens with zero attached hydrogens (tertiary/aromatic N) is 3. The van der Waals surface area contributed by atoms with Crippen molar-refractivity contribution in [2.24, 2.45) is 5.73 Å². The highest BCUT2D eigenvalue weighted by atomic mass is 35.5. The van der Waals surface area contributed by atoms with Crippen molar-refractivity contribution < 1.29 is 19.1 Å². The van der Waals surface area contributed by atoms with E-state index in [0.717, 1.165) is 10.7 Å². The number of piperidine rings is 1. The number of rotatable bonds is 4. The van der Waals surface area contributed by atoms with Crippen LogP contribution in [0.4, 0.5) is 4.79 Å². The van der Waals surface area contributed by atoms with Gasteiger partial charge in [-0.2, -0.15) is 9.78 Å². The summed E-state index contributed by atoms with van der Waals surface area (Å²) < 4.78 is 12.3. The molecule has 32 heavy (non-hydrogen) atoms. The Morgan fingerprint density at radius 2 is 1.78 bits per heavy atom. The van der Waals surface area contributed by atoms with Gasteiger partial charge in [-0.1, -0.05) is 23.2 Å². The Morgan fingerprint density at radius 1 is 1.12 bits per heavy atom. The highest BCUT2D eigenvalue weighted by Crippen LogP contribution is 2.25. The van der Waals surface area contributed by atoms with Gasteiger partial charge >= 0.3 is 6.09 Å². The summed E-state index contributed by atoms with van der Waals surface area (Å²) in [4.78, 5) is 38.5. The second-order valence-corrected chi connectivity index (χ2v) is 9.17. The first-order valence-electron chi connectivity index (χ1n) is 9.99. The smallest absolute Gasteiger partial charge is 0.410 e. The van der Waals surface area contributed by atoms with Crippen molar-refractivity contribution in [2.45, 2.75) is 45.3 Å². The van der Waals surface area contributed by atoms with Crippen LogP contribution in [-0.4, -0.2) is 51.5 Å². The highest BCUT2D eigenvalue weighted by Gasteiger charge is 2.29. The lowest BCUT2D eigenvalue weighted by atomic mass is 10.1. The number of carbonyl (C=O) groups excluding carboxylic acids is 2. The molecule has 3 rings (SSSR count). The van der Waals surface area contributed by atoms with E-state index in [-0.39, 0.29) is 28.7 Å². The molecule has 172 valence electrons. The standard InChI is InChI=1S/C21H24Cl2N4O5/c1-21(2,3)32-20(30)26-8-6-13(7-9-26)31-16-11-17(28)27(25-18(16)19(24)29)12-4-5-14(22)15(23)10-12/h4-5,10-11,13H,6-9H2,1-3H3,(H2,24,29). The molecule has 11 heteroatoms. The van der Waals surface area contributed by atoms with Crippen molar-refractivity contribution in [3.05, 3.63) is 50.4 Å². The van der Waals surface area contributed by atoms with Crippen LogP contribution in [0.5, 0.6) is 5.75 Å². The average Bonchev–Trinajstić information content (AvgIpc) is 2.69. The van der Waals surface area contributed by atoms with Gasteiger partial charge in [0.1, 0.15) is 11.7 Å². The maximum atomic E-state index is 12.7. The van der Waals surface area contributed by atoms with Crippen molar-refractivity contribution in [1.82, 2.24) is 14.7 Å². The molecule has 2 aromatic rings. The fourth-order valence-corrected chi connectivity index (χ4v) is 3.46. The van der Waals surface area contributed by atoms with Gasteiger partial charge in [-0.25, -0.2) is 4.79 Å². The largest absolute Gasteiger partial charge is 0.488 e. The molecule has 1 aliphatic rings. The van der Waals surface area contributed by atoms with Crippen molar-refractivity contribution in [3.63, 3.8) is 0 Å². The fourth-order valence-electron chi connectivity index (χ4n) is 3.16. The highest BCUT2D eigenvalue weighted by molar-refractivity contribution is 6.42. The molecule has 2 amide bonds. The number of nitrogens with two attached hydrogens (primary N) is 1. The van der Waals surface area contributed by atoms with Crippen LogP contribution in [-0.2, 0) is 4.74 Å². The number of primary amides is 1. The lowest BCUT2D eigenvalue weighted by Gasteiger charge is -2.33. The van der Waals surface area contributed by atoms with E-state index in [9.17, 15) is 14.4 Å². The Balaban J connectivity index is 1.77. The van der Waals surface area contributed by atoms with E-state index in [2.05, 4.69) is 5.10 Å². The molecular weight excluding hydrogens is 459 g/mol. The fraction of sp³-hybridized carbons (Fsp3) is 0.429. The van der Waals surface area contributed by atoms with E-state index >= 15 is 0 Å². The minimum atomic E-state index is -0.847. The van der Waals surface area contributed by atoms with E-state index in [1.54, 1.807) is 31.7 Å². The molecule has 0 spiro atoms. The molecule has 0 atom stereocenters. The number of hydrogen-bond acceptors (Lipinski definition) is 6. The molecule has 0 bridgehead atoms. The number of hydrogen-bond donors (Lipinski definition) is 1. The summed E-state index contributed by atoms with van der Waals surface area (Å²) in [6, 6.07) is 5.67. The van der Waals surface area contributed by atoms with Gasteiger partial charge in [-0.3, -0.25) is 9.59 Å². The van der Waals surface area contributed by atoms with Crippen molar-refractivity contribution in [1.29, 1.82) is 0 Å². The summed E-state index contributed by atoms with van der Waals surface area (Å²) in [6.07, 6.45) is 0.272. The number of ether oxygens (including phenoxy) is 2. The minimum Gasteiger partial charge on any atom is -0.488 e. The van der Waals surface area contributed by atoms with Crippen molar-refractivity contribution in [2.75, 3.05) is 13.1 Å². The summed E-state index contributed by atoms with van der Waals surface area (Å²) >= 11 is 11.9. The zero-order valence-electron chi connectivity index (χ0n) is 17.9. The zero-order valence-corrected chi connectivity index (χ0v) is 19.4. The first-order valence-corrected chi connectivity index (χ1v) is 10.7. The molecule has 1 aliphatic heterocycles. The number of aromatic nitrogens is 2. The van der Waals surface area contributed by atoms with Crippen LogP contribution >= 0.6 is 23.2 Å². The number of carbonyl (C=O) groups is 2. The van der Waals surface area contributed by atoms with Gasteiger partial charge in [0.05, 0.1) is 21.8 Å². The molecule has 9 nitrogen and oxygen atoms in total. The van der Waals surface area contributed by atoms with Crippen LogP contribution in [0.1, 0.15) is 44.1 Å². The van der Waals surface area contributed by atoms with E-state index < -0.39 is 17.1 Å². The maximum absolute atomic E-state index is 12.7. The van der Waals surface area contributed by atoms with Gasteiger partial charge in [-0.15, -0.1) is 0 Å². The molecule has 0 aliphatic carbocycles. The Labute approximate surface area is 195 Å². The molecule has 1 saturated heterocycles. The molecule has 1 aromatic carbocycles. The van der Waals surface area contributed by atoms with E-state index in [4.69, 9.17) is 38.4 Å². The average molecular weight is 483 g/mol. The number of benzene rings is 1. The quantitative estimate of drug-likeness (QED) is 0.713. The number of likely N-dealkylation sites (tertiary alicyclic amines) is 1. The predicted molar refractivity (Wildman–Crippen MR) is 120 cm³/mol. The van der Waals surface area contributed by atoms with Gasteiger partial charge in [0.2, 0.25) is 0 Å². The third-order valence-electron chi connectivity index (χ3n) is 4.67. The number of amides is 2.